The molecule has 0 saturated carbocycles. The molecule has 2 amide bonds. The first kappa shape index (κ1) is 24.5. The smallest absolute Gasteiger partial charge is 0.337 e. The summed E-state index contributed by atoms with van der Waals surface area (Å²) in [7, 11) is 1.32. The maximum atomic E-state index is 12.3. The van der Waals surface area contributed by atoms with Crippen molar-refractivity contribution in [1.29, 1.82) is 0 Å². The first-order valence-electron chi connectivity index (χ1n) is 11.0. The number of esters is 1. The number of carbonyl (C=O) groups is 3. The SMILES string of the molecule is CCCNC(=O)C1CCCN(c2ccc(SCC(=O)Nc3ccc(C(=O)OC)cc3)nn2)C1. The highest BCUT2D eigenvalue weighted by Gasteiger charge is 2.26. The molecule has 9 nitrogen and oxygen atoms in total. The Labute approximate surface area is 197 Å². The van der Waals surface area contributed by atoms with Gasteiger partial charge in [-0.15, -0.1) is 10.2 Å². The summed E-state index contributed by atoms with van der Waals surface area (Å²) in [5.74, 6) is 0.372. The van der Waals surface area contributed by atoms with Gasteiger partial charge in [0.2, 0.25) is 11.8 Å². The van der Waals surface area contributed by atoms with Gasteiger partial charge in [-0.25, -0.2) is 4.79 Å². The predicted molar refractivity (Wildman–Crippen MR) is 127 cm³/mol. The van der Waals surface area contributed by atoms with Crippen LogP contribution >= 0.6 is 11.8 Å². The fourth-order valence-corrected chi connectivity index (χ4v) is 4.11. The fourth-order valence-electron chi connectivity index (χ4n) is 3.49. The van der Waals surface area contributed by atoms with Gasteiger partial charge in [-0.1, -0.05) is 18.7 Å². The first-order chi connectivity index (χ1) is 16.0. The van der Waals surface area contributed by atoms with Crippen LogP contribution in [0.4, 0.5) is 11.5 Å². The molecule has 2 heterocycles. The number of carbonyl (C=O) groups excluding carboxylic acids is 3. The van der Waals surface area contributed by atoms with Gasteiger partial charge in [-0.2, -0.15) is 0 Å². The number of aromatic nitrogens is 2. The van der Waals surface area contributed by atoms with Crippen molar-refractivity contribution in [2.24, 2.45) is 5.92 Å². The number of nitrogens with zero attached hydrogens (tertiary/aromatic N) is 3. The summed E-state index contributed by atoms with van der Waals surface area (Å²) >= 11 is 1.29. The number of hydrogen-bond acceptors (Lipinski definition) is 8. The molecule has 1 atom stereocenters. The van der Waals surface area contributed by atoms with E-state index in [4.69, 9.17) is 0 Å². The lowest BCUT2D eigenvalue weighted by atomic mass is 9.97. The summed E-state index contributed by atoms with van der Waals surface area (Å²) in [5, 5.41) is 14.9. The zero-order valence-corrected chi connectivity index (χ0v) is 19.7. The van der Waals surface area contributed by atoms with Gasteiger partial charge in [0.25, 0.3) is 0 Å². The maximum Gasteiger partial charge on any atom is 0.337 e. The molecule has 2 aromatic rings. The second kappa shape index (κ2) is 12.2. The van der Waals surface area contributed by atoms with E-state index < -0.39 is 5.97 Å². The third kappa shape index (κ3) is 7.18. The average Bonchev–Trinajstić information content (AvgIpc) is 2.86. The third-order valence-electron chi connectivity index (χ3n) is 5.23. The Bertz CT molecular complexity index is 952. The number of ether oxygens (including phenoxy) is 1. The van der Waals surface area contributed by atoms with E-state index in [1.807, 2.05) is 19.1 Å². The van der Waals surface area contributed by atoms with Crippen molar-refractivity contribution in [2.45, 2.75) is 31.2 Å². The Morgan fingerprint density at radius 2 is 1.94 bits per heavy atom. The van der Waals surface area contributed by atoms with Gasteiger partial charge in [0.1, 0.15) is 5.03 Å². The Balaban J connectivity index is 1.47. The van der Waals surface area contributed by atoms with E-state index in [0.29, 0.717) is 29.4 Å². The Morgan fingerprint density at radius 1 is 1.15 bits per heavy atom. The molecule has 1 saturated heterocycles. The Kier molecular flexibility index (Phi) is 9.05. The molecule has 33 heavy (non-hydrogen) atoms. The minimum Gasteiger partial charge on any atom is -0.465 e. The molecule has 1 aliphatic rings. The van der Waals surface area contributed by atoms with Crippen LogP contribution in [-0.4, -0.2) is 60.5 Å². The maximum absolute atomic E-state index is 12.3. The largest absolute Gasteiger partial charge is 0.465 e. The molecule has 10 heteroatoms. The number of amides is 2. The van der Waals surface area contributed by atoms with Crippen molar-refractivity contribution >= 4 is 41.1 Å². The second-order valence-corrected chi connectivity index (χ2v) is 8.71. The van der Waals surface area contributed by atoms with Crippen molar-refractivity contribution in [3.8, 4) is 0 Å². The van der Waals surface area contributed by atoms with Crippen LogP contribution in [0.5, 0.6) is 0 Å². The van der Waals surface area contributed by atoms with E-state index in [-0.39, 0.29) is 23.5 Å². The van der Waals surface area contributed by atoms with Crippen LogP contribution in [0.2, 0.25) is 0 Å². The summed E-state index contributed by atoms with van der Waals surface area (Å²) in [6.45, 7) is 4.22. The molecule has 2 N–H and O–H groups in total. The number of anilines is 2. The summed E-state index contributed by atoms with van der Waals surface area (Å²) in [4.78, 5) is 38.1. The van der Waals surface area contributed by atoms with Gasteiger partial charge in [0, 0.05) is 25.3 Å². The quantitative estimate of drug-likeness (QED) is 0.424. The van der Waals surface area contributed by atoms with Crippen LogP contribution in [0.25, 0.3) is 0 Å². The normalized spacial score (nSPS) is 15.6. The lowest BCUT2D eigenvalue weighted by molar-refractivity contribution is -0.125. The van der Waals surface area contributed by atoms with Gasteiger partial charge in [-0.3, -0.25) is 9.59 Å². The van der Waals surface area contributed by atoms with E-state index in [9.17, 15) is 14.4 Å². The van der Waals surface area contributed by atoms with Crippen molar-refractivity contribution in [2.75, 3.05) is 42.7 Å². The number of thioether (sulfide) groups is 1. The first-order valence-corrected chi connectivity index (χ1v) is 12.0. The zero-order valence-electron chi connectivity index (χ0n) is 18.9. The van der Waals surface area contributed by atoms with Crippen molar-refractivity contribution in [3.05, 3.63) is 42.0 Å². The number of benzene rings is 1. The molecule has 1 aromatic carbocycles. The summed E-state index contributed by atoms with van der Waals surface area (Å²) in [6.07, 6.45) is 2.74. The van der Waals surface area contributed by atoms with Gasteiger partial charge < -0.3 is 20.3 Å². The molecule has 1 aliphatic heterocycles. The summed E-state index contributed by atoms with van der Waals surface area (Å²) in [5.41, 5.74) is 1.01. The molecular weight excluding hydrogens is 442 g/mol. The van der Waals surface area contributed by atoms with E-state index in [1.54, 1.807) is 24.3 Å². The highest BCUT2D eigenvalue weighted by molar-refractivity contribution is 7.99. The molecule has 0 aliphatic carbocycles. The Hall–Kier alpha value is -3.14. The van der Waals surface area contributed by atoms with Gasteiger partial charge in [0.15, 0.2) is 5.82 Å². The van der Waals surface area contributed by atoms with Crippen molar-refractivity contribution in [1.82, 2.24) is 15.5 Å². The number of methoxy groups -OCH3 is 1. The van der Waals surface area contributed by atoms with Crippen LogP contribution in [0.15, 0.2) is 41.4 Å². The van der Waals surface area contributed by atoms with E-state index >= 15 is 0 Å². The number of piperidine rings is 1. The van der Waals surface area contributed by atoms with E-state index in [2.05, 4.69) is 30.5 Å². The minimum absolute atomic E-state index is 0.0356. The summed E-state index contributed by atoms with van der Waals surface area (Å²) in [6, 6.07) is 10.2. The second-order valence-electron chi connectivity index (χ2n) is 7.71. The highest BCUT2D eigenvalue weighted by Crippen LogP contribution is 2.23. The van der Waals surface area contributed by atoms with E-state index in [1.165, 1.54) is 18.9 Å². The monoisotopic (exact) mass is 471 g/mol. The zero-order chi connectivity index (χ0) is 23.6. The number of nitrogens with one attached hydrogen (secondary N) is 2. The molecular formula is C23H29N5O4S. The number of hydrogen-bond donors (Lipinski definition) is 2. The standard InChI is InChI=1S/C23H29N5O4S/c1-3-12-24-22(30)17-5-4-13-28(14-17)19-10-11-21(27-26-19)33-15-20(29)25-18-8-6-16(7-9-18)23(31)32-2/h6-11,17H,3-5,12-15H2,1-2H3,(H,24,30)(H,25,29). The molecule has 1 unspecified atom stereocenters. The highest BCUT2D eigenvalue weighted by atomic mass is 32.2. The van der Waals surface area contributed by atoms with Gasteiger partial charge >= 0.3 is 5.97 Å². The summed E-state index contributed by atoms with van der Waals surface area (Å²) < 4.78 is 4.66. The minimum atomic E-state index is -0.426. The predicted octanol–water partition coefficient (Wildman–Crippen LogP) is 2.74. The molecule has 0 radical (unpaired) electrons. The van der Waals surface area contributed by atoms with Gasteiger partial charge in [0.05, 0.1) is 24.3 Å². The molecule has 0 spiro atoms. The topological polar surface area (TPSA) is 114 Å². The lowest BCUT2D eigenvalue weighted by Gasteiger charge is -2.32. The number of rotatable bonds is 9. The molecule has 176 valence electrons. The molecule has 1 fully saturated rings. The van der Waals surface area contributed by atoms with Crippen LogP contribution in [0.3, 0.4) is 0 Å². The fraction of sp³-hybridized carbons (Fsp3) is 0.435. The van der Waals surface area contributed by atoms with Crippen LogP contribution in [0, 0.1) is 5.92 Å². The third-order valence-corrected chi connectivity index (χ3v) is 6.15. The molecule has 3 rings (SSSR count). The van der Waals surface area contributed by atoms with Crippen molar-refractivity contribution in [3.63, 3.8) is 0 Å². The van der Waals surface area contributed by atoms with Crippen LogP contribution < -0.4 is 15.5 Å². The Morgan fingerprint density at radius 3 is 2.61 bits per heavy atom. The lowest BCUT2D eigenvalue weighted by Crippen LogP contribution is -2.43. The molecule has 1 aromatic heterocycles. The van der Waals surface area contributed by atoms with E-state index in [0.717, 1.165) is 31.6 Å². The van der Waals surface area contributed by atoms with Crippen LogP contribution in [-0.2, 0) is 14.3 Å². The molecule has 0 bridgehead atoms. The van der Waals surface area contributed by atoms with Gasteiger partial charge in [-0.05, 0) is 55.7 Å². The average molecular weight is 472 g/mol. The van der Waals surface area contributed by atoms with Crippen molar-refractivity contribution < 1.29 is 19.1 Å². The van der Waals surface area contributed by atoms with Crippen LogP contribution in [0.1, 0.15) is 36.5 Å².